The lowest BCUT2D eigenvalue weighted by atomic mass is 9.99. The maximum absolute atomic E-state index is 11.5. The van der Waals surface area contributed by atoms with E-state index in [9.17, 15) is 4.79 Å². The molecule has 6 heteroatoms. The van der Waals surface area contributed by atoms with Gasteiger partial charge in [0.1, 0.15) is 0 Å². The highest BCUT2D eigenvalue weighted by Gasteiger charge is 2.13. The van der Waals surface area contributed by atoms with Gasteiger partial charge >= 0.3 is 0 Å². The van der Waals surface area contributed by atoms with Gasteiger partial charge < -0.3 is 15.6 Å². The summed E-state index contributed by atoms with van der Waals surface area (Å²) in [6.45, 7) is 6.56. The first-order chi connectivity index (χ1) is 9.06. The number of carbonyl (C=O) groups excluding carboxylic acids is 1. The molecular formula is C14H26ClN3O2. The van der Waals surface area contributed by atoms with Crippen LogP contribution in [0.1, 0.15) is 63.8 Å². The van der Waals surface area contributed by atoms with Crippen LogP contribution in [0.5, 0.6) is 0 Å². The van der Waals surface area contributed by atoms with Gasteiger partial charge in [-0.15, -0.1) is 12.4 Å². The van der Waals surface area contributed by atoms with E-state index in [1.165, 1.54) is 0 Å². The third kappa shape index (κ3) is 6.39. The smallest absolute Gasteiger partial charge is 0.220 e. The largest absolute Gasteiger partial charge is 0.359 e. The molecule has 1 atom stereocenters. The average Bonchev–Trinajstić information content (AvgIpc) is 2.84. The number of carbonyl (C=O) groups is 1. The van der Waals surface area contributed by atoms with Crippen molar-refractivity contribution in [1.82, 2.24) is 10.5 Å². The number of nitrogens with one attached hydrogen (secondary N) is 1. The van der Waals surface area contributed by atoms with Gasteiger partial charge in [0.25, 0.3) is 0 Å². The molecule has 0 aliphatic heterocycles. The second-order valence-corrected chi connectivity index (χ2v) is 5.02. The summed E-state index contributed by atoms with van der Waals surface area (Å²) in [5.41, 5.74) is 6.58. The molecule has 0 radical (unpaired) electrons. The minimum Gasteiger partial charge on any atom is -0.359 e. The first-order valence-electron chi connectivity index (χ1n) is 7.04. The second-order valence-electron chi connectivity index (χ2n) is 5.02. The lowest BCUT2D eigenvalue weighted by Gasteiger charge is -2.06. The number of rotatable bonds is 8. The zero-order chi connectivity index (χ0) is 14.3. The van der Waals surface area contributed by atoms with Crippen molar-refractivity contribution < 1.29 is 9.32 Å². The van der Waals surface area contributed by atoms with Crippen LogP contribution in [-0.4, -0.2) is 17.1 Å². The van der Waals surface area contributed by atoms with E-state index in [4.69, 9.17) is 10.3 Å². The topological polar surface area (TPSA) is 81.2 Å². The Kier molecular flexibility index (Phi) is 9.25. The summed E-state index contributed by atoms with van der Waals surface area (Å²) in [5, 5.41) is 6.88. The van der Waals surface area contributed by atoms with E-state index in [1.54, 1.807) is 0 Å². The molecule has 1 amide bonds. The Balaban J connectivity index is 0.00000361. The molecule has 0 bridgehead atoms. The molecule has 116 valence electrons. The van der Waals surface area contributed by atoms with Gasteiger partial charge in [-0.1, -0.05) is 19.0 Å². The minimum atomic E-state index is -0.00205. The van der Waals surface area contributed by atoms with Crippen LogP contribution in [-0.2, 0) is 11.3 Å². The van der Waals surface area contributed by atoms with Crippen molar-refractivity contribution in [2.45, 2.75) is 65.0 Å². The molecular weight excluding hydrogens is 278 g/mol. The molecule has 1 aromatic heterocycles. The molecule has 1 rings (SSSR count). The van der Waals surface area contributed by atoms with E-state index in [0.717, 1.165) is 18.5 Å². The number of hydrogen-bond acceptors (Lipinski definition) is 4. The third-order valence-electron chi connectivity index (χ3n) is 3.27. The van der Waals surface area contributed by atoms with Crippen molar-refractivity contribution in [3.05, 3.63) is 17.5 Å². The zero-order valence-electron chi connectivity index (χ0n) is 12.5. The number of nitrogens with two attached hydrogens (primary N) is 1. The van der Waals surface area contributed by atoms with Crippen LogP contribution in [0.15, 0.2) is 10.6 Å². The van der Waals surface area contributed by atoms with Crippen LogP contribution in [0, 0.1) is 0 Å². The fourth-order valence-corrected chi connectivity index (χ4v) is 1.94. The Morgan fingerprint density at radius 3 is 2.65 bits per heavy atom. The fraction of sp³-hybridized carbons (Fsp3) is 0.714. The summed E-state index contributed by atoms with van der Waals surface area (Å²) in [6, 6.07) is 1.99. The maximum Gasteiger partial charge on any atom is 0.220 e. The summed E-state index contributed by atoms with van der Waals surface area (Å²) in [4.78, 5) is 11.5. The van der Waals surface area contributed by atoms with Crippen molar-refractivity contribution in [2.75, 3.05) is 0 Å². The predicted octanol–water partition coefficient (Wildman–Crippen LogP) is 2.74. The van der Waals surface area contributed by atoms with Crippen LogP contribution in [0.2, 0.25) is 0 Å². The Labute approximate surface area is 127 Å². The first kappa shape index (κ1) is 18.9. The third-order valence-corrected chi connectivity index (χ3v) is 3.27. The second kappa shape index (κ2) is 9.77. The van der Waals surface area contributed by atoms with Crippen molar-refractivity contribution in [2.24, 2.45) is 5.73 Å². The van der Waals surface area contributed by atoms with E-state index in [0.29, 0.717) is 31.1 Å². The lowest BCUT2D eigenvalue weighted by Crippen LogP contribution is -2.25. The number of hydrogen-bond donors (Lipinski definition) is 2. The molecule has 0 saturated heterocycles. The molecule has 5 nitrogen and oxygen atoms in total. The standard InChI is InChI=1S/C14H25N3O2.ClH/c1-4-11(5-2)13-8-12(19-17-13)9-16-14(18)7-6-10(3)15;/h8,10-11H,4-7,9,15H2,1-3H3,(H,16,18);1H. The van der Waals surface area contributed by atoms with Gasteiger partial charge in [-0.05, 0) is 26.2 Å². The summed E-state index contributed by atoms with van der Waals surface area (Å²) in [6.07, 6.45) is 3.23. The van der Waals surface area contributed by atoms with Crippen LogP contribution >= 0.6 is 12.4 Å². The van der Waals surface area contributed by atoms with Gasteiger partial charge in [0.05, 0.1) is 12.2 Å². The van der Waals surface area contributed by atoms with E-state index in [2.05, 4.69) is 24.3 Å². The fourth-order valence-electron chi connectivity index (χ4n) is 1.94. The number of amides is 1. The van der Waals surface area contributed by atoms with Crippen LogP contribution in [0.25, 0.3) is 0 Å². The average molecular weight is 304 g/mol. The summed E-state index contributed by atoms with van der Waals surface area (Å²) < 4.78 is 5.24. The van der Waals surface area contributed by atoms with Gasteiger partial charge in [-0.2, -0.15) is 0 Å². The highest BCUT2D eigenvalue weighted by Crippen LogP contribution is 2.22. The Bertz CT molecular complexity index is 390. The Morgan fingerprint density at radius 1 is 1.45 bits per heavy atom. The molecule has 1 aromatic rings. The number of nitrogens with zero attached hydrogens (tertiary/aromatic N) is 1. The van der Waals surface area contributed by atoms with Gasteiger partial charge in [0.15, 0.2) is 5.76 Å². The monoisotopic (exact) mass is 303 g/mol. The predicted molar refractivity (Wildman–Crippen MR) is 81.8 cm³/mol. The van der Waals surface area contributed by atoms with Gasteiger partial charge in [-0.25, -0.2) is 0 Å². The van der Waals surface area contributed by atoms with E-state index in [-0.39, 0.29) is 24.4 Å². The van der Waals surface area contributed by atoms with Crippen LogP contribution < -0.4 is 11.1 Å². The molecule has 0 saturated carbocycles. The van der Waals surface area contributed by atoms with Crippen molar-refractivity contribution in [3.8, 4) is 0 Å². The molecule has 0 aliphatic rings. The number of aromatic nitrogens is 1. The van der Waals surface area contributed by atoms with E-state index in [1.807, 2.05) is 13.0 Å². The minimum absolute atomic E-state index is 0. The molecule has 1 unspecified atom stereocenters. The normalized spacial score (nSPS) is 12.1. The van der Waals surface area contributed by atoms with Crippen molar-refractivity contribution >= 4 is 18.3 Å². The highest BCUT2D eigenvalue weighted by molar-refractivity contribution is 5.85. The van der Waals surface area contributed by atoms with E-state index >= 15 is 0 Å². The molecule has 0 aliphatic carbocycles. The Morgan fingerprint density at radius 2 is 2.10 bits per heavy atom. The van der Waals surface area contributed by atoms with E-state index < -0.39 is 0 Å². The quantitative estimate of drug-likeness (QED) is 0.773. The SMILES string of the molecule is CCC(CC)c1cc(CNC(=O)CCC(C)N)on1.Cl. The molecule has 0 fully saturated rings. The maximum atomic E-state index is 11.5. The summed E-state index contributed by atoms with van der Waals surface area (Å²) >= 11 is 0. The van der Waals surface area contributed by atoms with Crippen LogP contribution in [0.4, 0.5) is 0 Å². The van der Waals surface area contributed by atoms with Gasteiger partial charge in [0.2, 0.25) is 5.91 Å². The number of halogens is 1. The highest BCUT2D eigenvalue weighted by atomic mass is 35.5. The summed E-state index contributed by atoms with van der Waals surface area (Å²) in [5.74, 6) is 1.14. The zero-order valence-corrected chi connectivity index (χ0v) is 13.3. The van der Waals surface area contributed by atoms with Crippen LogP contribution in [0.3, 0.4) is 0 Å². The van der Waals surface area contributed by atoms with Gasteiger partial charge in [-0.3, -0.25) is 4.79 Å². The van der Waals surface area contributed by atoms with Gasteiger partial charge in [0, 0.05) is 24.4 Å². The first-order valence-corrected chi connectivity index (χ1v) is 7.04. The molecule has 0 spiro atoms. The Hall–Kier alpha value is -1.07. The molecule has 3 N–H and O–H groups in total. The molecule has 0 aromatic carbocycles. The lowest BCUT2D eigenvalue weighted by molar-refractivity contribution is -0.121. The molecule has 1 heterocycles. The van der Waals surface area contributed by atoms with Crippen molar-refractivity contribution in [1.29, 1.82) is 0 Å². The summed E-state index contributed by atoms with van der Waals surface area (Å²) in [7, 11) is 0. The van der Waals surface area contributed by atoms with Crippen molar-refractivity contribution in [3.63, 3.8) is 0 Å². The molecule has 20 heavy (non-hydrogen) atoms.